The summed E-state index contributed by atoms with van der Waals surface area (Å²) >= 11 is 0. The second-order valence-corrected chi connectivity index (χ2v) is 11.7. The molecule has 4 heteroatoms. The van der Waals surface area contributed by atoms with Gasteiger partial charge in [-0.15, -0.1) is 0 Å². The Morgan fingerprint density at radius 2 is 1.40 bits per heavy atom. The Balaban J connectivity index is 0. The zero-order valence-electron chi connectivity index (χ0n) is 8.45. The molecule has 0 aromatic heterocycles. The Bertz CT molecular complexity index is 90.2. The molecule has 10 heavy (non-hydrogen) atoms. The Morgan fingerprint density at radius 1 is 1.10 bits per heavy atom. The summed E-state index contributed by atoms with van der Waals surface area (Å²) in [6.45, 7) is 11.9. The average Bonchev–Trinajstić information content (AvgIpc) is 1.62. The topological polar surface area (TPSA) is 3.24 Å². The van der Waals surface area contributed by atoms with Gasteiger partial charge in [0.05, 0.1) is 0 Å². The number of hydrogen-bond acceptors (Lipinski definition) is 1. The van der Waals surface area contributed by atoms with Gasteiger partial charge in [0.1, 0.15) is 17.2 Å². The molecule has 0 aromatic carbocycles. The minimum Gasteiger partial charge on any atom is -0.349 e. The van der Waals surface area contributed by atoms with Gasteiger partial charge in [-0.2, -0.15) is 0 Å². The molecular formula is C6H18LiNSi2+. The first-order chi connectivity index (χ1) is 3.85. The van der Waals surface area contributed by atoms with Crippen molar-refractivity contribution in [3.05, 3.63) is 0 Å². The van der Waals surface area contributed by atoms with Gasteiger partial charge in [-0.25, -0.2) is 0 Å². The van der Waals surface area contributed by atoms with Crippen LogP contribution in [0.15, 0.2) is 0 Å². The van der Waals surface area contributed by atoms with Crippen LogP contribution >= 0.6 is 0 Å². The molecule has 0 saturated heterocycles. The second-order valence-electron chi connectivity index (χ2n) is 3.68. The molecule has 0 aromatic rings. The Hall–Kier alpha value is 0.991. The number of nitrogens with zero attached hydrogens (tertiary/aromatic N) is 1. The van der Waals surface area contributed by atoms with Gasteiger partial charge in [-0.3, -0.25) is 0 Å². The molecule has 0 saturated carbocycles. The molecule has 1 radical (unpaired) electrons. The Morgan fingerprint density at radius 3 is 1.40 bits per heavy atom. The third-order valence-electron chi connectivity index (χ3n) is 1.68. The predicted molar refractivity (Wildman–Crippen MR) is 48.6 cm³/mol. The van der Waals surface area contributed by atoms with Crippen molar-refractivity contribution < 1.29 is 18.9 Å². The molecule has 0 N–H and O–H groups in total. The van der Waals surface area contributed by atoms with Crippen LogP contribution in [-0.2, 0) is 0 Å². The second kappa shape index (κ2) is 4.79. The van der Waals surface area contributed by atoms with Crippen molar-refractivity contribution in [1.29, 1.82) is 0 Å². The molecule has 0 aliphatic carbocycles. The first kappa shape index (κ1) is 13.6. The van der Waals surface area contributed by atoms with E-state index in [2.05, 4.69) is 44.0 Å². The van der Waals surface area contributed by atoms with Crippen molar-refractivity contribution in [2.45, 2.75) is 32.7 Å². The standard InChI is InChI=1S/C6H18NSi2.Li/c1-7(8(2)3)9(4,5)6;/h1-6H3;/q;+1. The number of hydrogen-bond donors (Lipinski definition) is 0. The van der Waals surface area contributed by atoms with Crippen molar-refractivity contribution in [3.8, 4) is 0 Å². The molecule has 0 unspecified atom stereocenters. The zero-order valence-corrected chi connectivity index (χ0v) is 10.4. The fraction of sp³-hybridized carbons (Fsp3) is 1.00. The first-order valence-electron chi connectivity index (χ1n) is 3.39. The predicted octanol–water partition coefficient (Wildman–Crippen LogP) is -0.992. The van der Waals surface area contributed by atoms with Crippen molar-refractivity contribution in [2.75, 3.05) is 7.05 Å². The Kier molecular flexibility index (Phi) is 6.50. The van der Waals surface area contributed by atoms with Crippen LogP contribution in [0.2, 0.25) is 32.7 Å². The summed E-state index contributed by atoms with van der Waals surface area (Å²) in [5.41, 5.74) is 0. The molecule has 0 spiro atoms. The smallest absolute Gasteiger partial charge is 0.349 e. The van der Waals surface area contributed by atoms with Gasteiger partial charge in [-0.1, -0.05) is 32.7 Å². The fourth-order valence-corrected chi connectivity index (χ4v) is 6.04. The molecule has 0 aliphatic rings. The average molecular weight is 167 g/mol. The van der Waals surface area contributed by atoms with Crippen molar-refractivity contribution in [3.63, 3.8) is 0 Å². The van der Waals surface area contributed by atoms with Crippen LogP contribution in [0.4, 0.5) is 0 Å². The van der Waals surface area contributed by atoms with Crippen LogP contribution in [0.3, 0.4) is 0 Å². The molecular weight excluding hydrogens is 149 g/mol. The van der Waals surface area contributed by atoms with Crippen LogP contribution in [0.1, 0.15) is 0 Å². The van der Waals surface area contributed by atoms with Gasteiger partial charge in [0.2, 0.25) is 0 Å². The van der Waals surface area contributed by atoms with E-state index in [9.17, 15) is 0 Å². The summed E-state index contributed by atoms with van der Waals surface area (Å²) in [6, 6.07) is 0. The monoisotopic (exact) mass is 167 g/mol. The van der Waals surface area contributed by atoms with E-state index in [1.165, 1.54) is 0 Å². The van der Waals surface area contributed by atoms with Gasteiger partial charge in [-0.05, 0) is 7.05 Å². The molecule has 55 valence electrons. The first-order valence-corrected chi connectivity index (χ1v) is 9.29. The molecule has 0 rings (SSSR count). The van der Waals surface area contributed by atoms with E-state index < -0.39 is 8.24 Å². The summed E-state index contributed by atoms with van der Waals surface area (Å²) in [6.07, 6.45) is 0. The largest absolute Gasteiger partial charge is 1.00 e. The van der Waals surface area contributed by atoms with Crippen LogP contribution < -0.4 is 18.9 Å². The summed E-state index contributed by atoms with van der Waals surface area (Å²) in [4.78, 5) is 0. The fourth-order valence-electron chi connectivity index (χ4n) is 0.671. The molecule has 1 nitrogen and oxygen atoms in total. The Labute approximate surface area is 80.1 Å². The maximum atomic E-state index is 2.59. The summed E-state index contributed by atoms with van der Waals surface area (Å²) in [5.74, 6) is 0. The SMILES string of the molecule is CN([Si](C)C)[Si](C)(C)C.[Li+]. The van der Waals surface area contributed by atoms with E-state index in [1.54, 1.807) is 0 Å². The molecule has 0 heterocycles. The van der Waals surface area contributed by atoms with Gasteiger partial charge in [0, 0.05) is 0 Å². The van der Waals surface area contributed by atoms with Crippen LogP contribution in [-0.4, -0.2) is 28.5 Å². The molecule has 0 fully saturated rings. The third-order valence-corrected chi connectivity index (χ3v) is 8.39. The third kappa shape index (κ3) is 4.75. The van der Waals surface area contributed by atoms with Crippen LogP contribution in [0, 0.1) is 0 Å². The minimum absolute atomic E-state index is 0. The molecule has 0 amide bonds. The van der Waals surface area contributed by atoms with Crippen molar-refractivity contribution in [1.82, 2.24) is 4.23 Å². The van der Waals surface area contributed by atoms with E-state index in [4.69, 9.17) is 0 Å². The maximum absolute atomic E-state index is 2.59. The maximum Gasteiger partial charge on any atom is 1.00 e. The van der Waals surface area contributed by atoms with E-state index in [0.717, 1.165) is 0 Å². The van der Waals surface area contributed by atoms with E-state index >= 15 is 0 Å². The van der Waals surface area contributed by atoms with Gasteiger partial charge in [0.25, 0.3) is 0 Å². The van der Waals surface area contributed by atoms with E-state index in [1.807, 2.05) is 0 Å². The zero-order chi connectivity index (χ0) is 7.65. The number of rotatable bonds is 2. The normalized spacial score (nSPS) is 12.0. The van der Waals surface area contributed by atoms with Gasteiger partial charge < -0.3 is 4.23 Å². The van der Waals surface area contributed by atoms with Gasteiger partial charge >= 0.3 is 18.9 Å². The molecule has 0 aliphatic heterocycles. The van der Waals surface area contributed by atoms with Crippen molar-refractivity contribution >= 4 is 17.2 Å². The van der Waals surface area contributed by atoms with Crippen LogP contribution in [0.5, 0.6) is 0 Å². The summed E-state index contributed by atoms with van der Waals surface area (Å²) in [5, 5.41) is 0. The van der Waals surface area contributed by atoms with Gasteiger partial charge in [0.15, 0.2) is 0 Å². The molecule has 0 atom stereocenters. The van der Waals surface area contributed by atoms with E-state index in [-0.39, 0.29) is 27.8 Å². The molecule has 0 bridgehead atoms. The van der Waals surface area contributed by atoms with Crippen molar-refractivity contribution in [2.24, 2.45) is 0 Å². The van der Waals surface area contributed by atoms with Crippen LogP contribution in [0.25, 0.3) is 0 Å². The van der Waals surface area contributed by atoms with E-state index in [0.29, 0.717) is 0 Å². The summed E-state index contributed by atoms with van der Waals surface area (Å²) in [7, 11) is 1.14. The summed E-state index contributed by atoms with van der Waals surface area (Å²) < 4.78 is 2.59. The quantitative estimate of drug-likeness (QED) is 0.477. The minimum atomic E-state index is -0.945.